The minimum atomic E-state index is 0.116. The Kier molecular flexibility index (Phi) is 3.92. The van der Waals surface area contributed by atoms with Gasteiger partial charge in [-0.05, 0) is 18.6 Å². The summed E-state index contributed by atoms with van der Waals surface area (Å²) in [6, 6.07) is 5.78. The molecule has 1 aromatic heterocycles. The van der Waals surface area contributed by atoms with Crippen molar-refractivity contribution in [1.82, 2.24) is 4.57 Å². The van der Waals surface area contributed by atoms with Crippen LogP contribution >= 0.6 is 11.6 Å². The molecule has 4 heteroatoms. The molecule has 0 aliphatic heterocycles. The monoisotopic (exact) mass is 265 g/mol. The Bertz CT molecular complexity index is 574. The number of aromatic nitrogens is 1. The minimum absolute atomic E-state index is 0.116. The number of rotatable bonds is 5. The summed E-state index contributed by atoms with van der Waals surface area (Å²) in [5, 5.41) is 0.891. The van der Waals surface area contributed by atoms with E-state index in [4.69, 9.17) is 16.3 Å². The summed E-state index contributed by atoms with van der Waals surface area (Å²) < 4.78 is 7.29. The summed E-state index contributed by atoms with van der Waals surface area (Å²) in [4.78, 5) is 12.2. The number of fused-ring (bicyclic) bond motifs is 1. The van der Waals surface area contributed by atoms with Gasteiger partial charge >= 0.3 is 0 Å². The van der Waals surface area contributed by atoms with Crippen molar-refractivity contribution in [2.45, 2.75) is 12.8 Å². The second kappa shape index (κ2) is 5.44. The number of ether oxygens (including phenoxy) is 1. The average molecular weight is 266 g/mol. The van der Waals surface area contributed by atoms with Crippen molar-refractivity contribution in [3.05, 3.63) is 30.0 Å². The van der Waals surface area contributed by atoms with Crippen LogP contribution in [-0.4, -0.2) is 23.3 Å². The number of alkyl halides is 1. The van der Waals surface area contributed by atoms with E-state index in [0.29, 0.717) is 18.7 Å². The Morgan fingerprint density at radius 1 is 1.44 bits per heavy atom. The van der Waals surface area contributed by atoms with Crippen LogP contribution in [-0.2, 0) is 7.05 Å². The maximum Gasteiger partial charge on any atom is 0.165 e. The largest absolute Gasteiger partial charge is 0.496 e. The number of nitrogens with zero attached hydrogens (tertiary/aromatic N) is 1. The highest BCUT2D eigenvalue weighted by Gasteiger charge is 2.16. The van der Waals surface area contributed by atoms with E-state index in [0.717, 1.165) is 22.2 Å². The fourth-order valence-corrected chi connectivity index (χ4v) is 2.29. The van der Waals surface area contributed by atoms with E-state index >= 15 is 0 Å². The van der Waals surface area contributed by atoms with E-state index in [-0.39, 0.29) is 5.78 Å². The zero-order valence-corrected chi connectivity index (χ0v) is 11.3. The van der Waals surface area contributed by atoms with E-state index in [1.807, 2.05) is 36.0 Å². The highest BCUT2D eigenvalue weighted by Crippen LogP contribution is 2.30. The predicted octanol–water partition coefficient (Wildman–Crippen LogP) is 3.39. The molecule has 1 aromatic carbocycles. The molecule has 2 rings (SSSR count). The Morgan fingerprint density at radius 2 is 2.22 bits per heavy atom. The Hall–Kier alpha value is -1.48. The molecule has 1 heterocycles. The fourth-order valence-electron chi connectivity index (χ4n) is 2.16. The van der Waals surface area contributed by atoms with Crippen LogP contribution in [0.2, 0.25) is 0 Å². The SMILES string of the molecule is COc1cccc2c1c(C(=O)CCCCl)cn2C. The van der Waals surface area contributed by atoms with Crippen LogP contribution in [0.4, 0.5) is 0 Å². The first-order chi connectivity index (χ1) is 8.69. The molecule has 0 aliphatic rings. The number of ketones is 1. The molecule has 0 unspecified atom stereocenters. The van der Waals surface area contributed by atoms with Gasteiger partial charge in [-0.2, -0.15) is 0 Å². The van der Waals surface area contributed by atoms with E-state index in [2.05, 4.69) is 0 Å². The molecule has 2 aromatic rings. The Labute approximate surface area is 111 Å². The molecule has 0 amide bonds. The quantitative estimate of drug-likeness (QED) is 0.613. The molecule has 0 bridgehead atoms. The van der Waals surface area contributed by atoms with Crippen LogP contribution in [0.3, 0.4) is 0 Å². The van der Waals surface area contributed by atoms with E-state index in [9.17, 15) is 4.79 Å². The van der Waals surface area contributed by atoms with Gasteiger partial charge in [0, 0.05) is 31.1 Å². The molecule has 3 nitrogen and oxygen atoms in total. The lowest BCUT2D eigenvalue weighted by Crippen LogP contribution is -1.99. The lowest BCUT2D eigenvalue weighted by Gasteiger charge is -2.04. The number of hydrogen-bond donors (Lipinski definition) is 0. The molecule has 0 atom stereocenters. The van der Waals surface area contributed by atoms with Crippen molar-refractivity contribution in [2.75, 3.05) is 13.0 Å². The number of halogens is 1. The zero-order chi connectivity index (χ0) is 13.1. The topological polar surface area (TPSA) is 31.2 Å². The van der Waals surface area contributed by atoms with Crippen LogP contribution in [0.25, 0.3) is 10.9 Å². The minimum Gasteiger partial charge on any atom is -0.496 e. The number of benzene rings is 1. The van der Waals surface area contributed by atoms with Gasteiger partial charge in [-0.15, -0.1) is 11.6 Å². The lowest BCUT2D eigenvalue weighted by atomic mass is 10.1. The Morgan fingerprint density at radius 3 is 2.89 bits per heavy atom. The van der Waals surface area contributed by atoms with Crippen molar-refractivity contribution in [2.24, 2.45) is 7.05 Å². The maximum atomic E-state index is 12.2. The molecule has 0 spiro atoms. The van der Waals surface area contributed by atoms with Gasteiger partial charge in [0.05, 0.1) is 18.0 Å². The third-order valence-electron chi connectivity index (χ3n) is 3.03. The fraction of sp³-hybridized carbons (Fsp3) is 0.357. The summed E-state index contributed by atoms with van der Waals surface area (Å²) in [6.45, 7) is 0. The third-order valence-corrected chi connectivity index (χ3v) is 3.30. The van der Waals surface area contributed by atoms with Crippen molar-refractivity contribution in [1.29, 1.82) is 0 Å². The molecule has 0 saturated heterocycles. The van der Waals surface area contributed by atoms with Gasteiger partial charge in [-0.3, -0.25) is 4.79 Å². The van der Waals surface area contributed by atoms with Crippen LogP contribution < -0.4 is 4.74 Å². The summed E-state index contributed by atoms with van der Waals surface area (Å²) in [5.74, 6) is 1.36. The van der Waals surface area contributed by atoms with Crippen LogP contribution in [0.1, 0.15) is 23.2 Å². The summed E-state index contributed by atoms with van der Waals surface area (Å²) in [7, 11) is 3.55. The molecule has 96 valence electrons. The van der Waals surface area contributed by atoms with Crippen molar-refractivity contribution in [3.63, 3.8) is 0 Å². The summed E-state index contributed by atoms with van der Waals surface area (Å²) in [6.07, 6.45) is 3.04. The number of carbonyl (C=O) groups excluding carboxylic acids is 1. The molecule has 18 heavy (non-hydrogen) atoms. The molecule has 0 radical (unpaired) electrons. The summed E-state index contributed by atoms with van der Waals surface area (Å²) >= 11 is 5.63. The van der Waals surface area contributed by atoms with Crippen molar-refractivity contribution < 1.29 is 9.53 Å². The summed E-state index contributed by atoms with van der Waals surface area (Å²) in [5.41, 5.74) is 1.72. The van der Waals surface area contributed by atoms with Crippen molar-refractivity contribution in [3.8, 4) is 5.75 Å². The first kappa shape index (κ1) is 13.0. The van der Waals surface area contributed by atoms with E-state index in [1.54, 1.807) is 7.11 Å². The molecular weight excluding hydrogens is 250 g/mol. The normalized spacial score (nSPS) is 10.8. The number of methoxy groups -OCH3 is 1. The van der Waals surface area contributed by atoms with E-state index < -0.39 is 0 Å². The van der Waals surface area contributed by atoms with Gasteiger partial charge in [0.15, 0.2) is 5.78 Å². The predicted molar refractivity (Wildman–Crippen MR) is 73.8 cm³/mol. The van der Waals surface area contributed by atoms with Crippen LogP contribution in [0.15, 0.2) is 24.4 Å². The van der Waals surface area contributed by atoms with E-state index in [1.165, 1.54) is 0 Å². The molecular formula is C14H16ClNO2. The Balaban J connectivity index is 2.53. The standard InChI is InChI=1S/C14H16ClNO2/c1-16-9-10(12(17)6-4-8-15)14-11(16)5-3-7-13(14)18-2/h3,5,7,9H,4,6,8H2,1-2H3. The van der Waals surface area contributed by atoms with Crippen LogP contribution in [0.5, 0.6) is 5.75 Å². The number of hydrogen-bond acceptors (Lipinski definition) is 2. The smallest absolute Gasteiger partial charge is 0.165 e. The average Bonchev–Trinajstić information content (AvgIpc) is 2.74. The van der Waals surface area contributed by atoms with Gasteiger partial charge in [-0.1, -0.05) is 6.07 Å². The van der Waals surface area contributed by atoms with Gasteiger partial charge in [0.25, 0.3) is 0 Å². The number of carbonyl (C=O) groups is 1. The second-order valence-corrected chi connectivity index (χ2v) is 4.60. The maximum absolute atomic E-state index is 12.2. The molecule has 0 aliphatic carbocycles. The van der Waals surface area contributed by atoms with Gasteiger partial charge in [0.2, 0.25) is 0 Å². The molecule has 0 fully saturated rings. The third kappa shape index (κ3) is 2.23. The van der Waals surface area contributed by atoms with Crippen molar-refractivity contribution >= 4 is 28.3 Å². The molecule has 0 saturated carbocycles. The number of aryl methyl sites for hydroxylation is 1. The van der Waals surface area contributed by atoms with Crippen LogP contribution in [0, 0.1) is 0 Å². The van der Waals surface area contributed by atoms with Gasteiger partial charge in [-0.25, -0.2) is 0 Å². The lowest BCUT2D eigenvalue weighted by molar-refractivity contribution is 0.0983. The first-order valence-electron chi connectivity index (χ1n) is 5.90. The highest BCUT2D eigenvalue weighted by atomic mass is 35.5. The second-order valence-electron chi connectivity index (χ2n) is 4.22. The van der Waals surface area contributed by atoms with Gasteiger partial charge < -0.3 is 9.30 Å². The highest BCUT2D eigenvalue weighted by molar-refractivity contribution is 6.18. The molecule has 0 N–H and O–H groups in total. The number of Topliss-reactive ketones (excluding diaryl/α,β-unsaturated/α-hetero) is 1. The zero-order valence-electron chi connectivity index (χ0n) is 10.6. The van der Waals surface area contributed by atoms with Gasteiger partial charge in [0.1, 0.15) is 5.75 Å². The first-order valence-corrected chi connectivity index (χ1v) is 6.43.